The summed E-state index contributed by atoms with van der Waals surface area (Å²) < 4.78 is 27.6. The molecule has 3 heterocycles. The summed E-state index contributed by atoms with van der Waals surface area (Å²) in [7, 11) is 1.21. The van der Waals surface area contributed by atoms with Crippen molar-refractivity contribution < 1.29 is 38.4 Å². The van der Waals surface area contributed by atoms with Crippen LogP contribution in [0.25, 0.3) is 0 Å². The van der Waals surface area contributed by atoms with E-state index in [4.69, 9.17) is 23.7 Å². The predicted octanol–water partition coefficient (Wildman–Crippen LogP) is 0.353. The normalized spacial score (nSPS) is 27.3. The first-order valence-corrected chi connectivity index (χ1v) is 10.8. The van der Waals surface area contributed by atoms with Crippen LogP contribution < -0.4 is 5.32 Å². The molecule has 0 radical (unpaired) electrons. The molecule has 1 aromatic heterocycles. The predicted molar refractivity (Wildman–Crippen MR) is 112 cm³/mol. The molecule has 1 fully saturated rings. The second-order valence-corrected chi connectivity index (χ2v) is 8.50. The molecule has 2 N–H and O–H groups in total. The van der Waals surface area contributed by atoms with Crippen molar-refractivity contribution in [3.8, 4) is 11.8 Å². The standard InChI is InChI=1S/C21H26N2O8S/c1-12(24)23-17-13(28-8-5-6-16-22-7-9-32-16)10-14(20(26)27-4)30-19(17)18(25)15-11-29-21(2,3)31-15/h7,9-10,13,15,17-19,25H,8,11H2,1-4H3,(H,23,24)/t13-,15+,17+,18+,19+/m0/s1. The van der Waals surface area contributed by atoms with Gasteiger partial charge in [0.15, 0.2) is 16.9 Å². The van der Waals surface area contributed by atoms with E-state index in [0.717, 1.165) is 0 Å². The molecule has 3 rings (SSSR count). The Labute approximate surface area is 189 Å². The van der Waals surface area contributed by atoms with Crippen molar-refractivity contribution in [1.82, 2.24) is 10.3 Å². The SMILES string of the molecule is COC(=O)C1=C[C@H](OCC#Cc2nccs2)[C@@H](NC(C)=O)[C@H]([C@H](O)[C@H]2COC(C)(C)O2)O1. The number of aliphatic hydroxyl groups is 1. The lowest BCUT2D eigenvalue weighted by molar-refractivity contribution is -0.173. The highest BCUT2D eigenvalue weighted by Crippen LogP contribution is 2.30. The lowest BCUT2D eigenvalue weighted by Crippen LogP contribution is -2.60. The van der Waals surface area contributed by atoms with Gasteiger partial charge in [0, 0.05) is 18.5 Å². The van der Waals surface area contributed by atoms with Crippen molar-refractivity contribution in [2.75, 3.05) is 20.3 Å². The van der Waals surface area contributed by atoms with Crippen LogP contribution in [0.5, 0.6) is 0 Å². The molecule has 0 spiro atoms. The maximum absolute atomic E-state index is 12.2. The number of aliphatic hydroxyl groups excluding tert-OH is 1. The number of hydrogen-bond donors (Lipinski definition) is 2. The van der Waals surface area contributed by atoms with Crippen molar-refractivity contribution in [3.63, 3.8) is 0 Å². The smallest absolute Gasteiger partial charge is 0.373 e. The molecule has 1 saturated heterocycles. The Bertz CT molecular complexity index is 905. The zero-order valence-corrected chi connectivity index (χ0v) is 19.0. The van der Waals surface area contributed by atoms with Crippen LogP contribution in [0.4, 0.5) is 0 Å². The second-order valence-electron chi connectivity index (χ2n) is 7.60. The number of hydrogen-bond acceptors (Lipinski definition) is 10. The van der Waals surface area contributed by atoms with Gasteiger partial charge in [0.1, 0.15) is 24.9 Å². The van der Waals surface area contributed by atoms with E-state index in [1.165, 1.54) is 31.4 Å². The van der Waals surface area contributed by atoms with Crippen molar-refractivity contribution >= 4 is 23.2 Å². The van der Waals surface area contributed by atoms with Gasteiger partial charge in [-0.1, -0.05) is 5.92 Å². The highest BCUT2D eigenvalue weighted by atomic mass is 32.1. The number of methoxy groups -OCH3 is 1. The van der Waals surface area contributed by atoms with E-state index >= 15 is 0 Å². The molecule has 0 aliphatic carbocycles. The van der Waals surface area contributed by atoms with Gasteiger partial charge in [0.25, 0.3) is 0 Å². The first kappa shape index (κ1) is 24.2. The van der Waals surface area contributed by atoms with Crippen LogP contribution in [0.3, 0.4) is 0 Å². The van der Waals surface area contributed by atoms with Crippen LogP contribution in [-0.2, 0) is 33.3 Å². The van der Waals surface area contributed by atoms with Gasteiger partial charge in [-0.15, -0.1) is 11.3 Å². The van der Waals surface area contributed by atoms with Crippen LogP contribution in [0.2, 0.25) is 0 Å². The highest BCUT2D eigenvalue weighted by molar-refractivity contribution is 7.10. The topological polar surface area (TPSA) is 125 Å². The molecule has 0 unspecified atom stereocenters. The van der Waals surface area contributed by atoms with Gasteiger partial charge in [0.2, 0.25) is 11.7 Å². The van der Waals surface area contributed by atoms with E-state index in [2.05, 4.69) is 22.1 Å². The summed E-state index contributed by atoms with van der Waals surface area (Å²) in [5.41, 5.74) is 0. The van der Waals surface area contributed by atoms with Gasteiger partial charge in [-0.05, 0) is 25.8 Å². The van der Waals surface area contributed by atoms with E-state index in [0.29, 0.717) is 5.01 Å². The number of nitrogens with one attached hydrogen (secondary N) is 1. The third-order valence-corrected chi connectivity index (χ3v) is 5.46. The Morgan fingerprint density at radius 3 is 2.84 bits per heavy atom. The fourth-order valence-electron chi connectivity index (χ4n) is 3.38. The summed E-state index contributed by atoms with van der Waals surface area (Å²) in [5, 5.41) is 16.2. The minimum Gasteiger partial charge on any atom is -0.478 e. The third kappa shape index (κ3) is 6.05. The van der Waals surface area contributed by atoms with Crippen molar-refractivity contribution in [3.05, 3.63) is 28.4 Å². The number of ether oxygens (including phenoxy) is 5. The third-order valence-electron chi connectivity index (χ3n) is 4.77. The van der Waals surface area contributed by atoms with Crippen molar-refractivity contribution in [1.29, 1.82) is 0 Å². The number of carbonyl (C=O) groups is 2. The summed E-state index contributed by atoms with van der Waals surface area (Å²) in [6.07, 6.45) is -0.840. The number of carbonyl (C=O) groups excluding carboxylic acids is 2. The number of aromatic nitrogens is 1. The zero-order chi connectivity index (χ0) is 23.3. The number of esters is 1. The molecule has 1 amide bonds. The average Bonchev–Trinajstić information content (AvgIpc) is 3.39. The van der Waals surface area contributed by atoms with Gasteiger partial charge < -0.3 is 34.1 Å². The summed E-state index contributed by atoms with van der Waals surface area (Å²) in [4.78, 5) is 28.2. The lowest BCUT2D eigenvalue weighted by Gasteiger charge is -2.39. The van der Waals surface area contributed by atoms with Crippen LogP contribution in [-0.4, -0.2) is 78.5 Å². The van der Waals surface area contributed by atoms with Crippen molar-refractivity contribution in [2.24, 2.45) is 0 Å². The van der Waals surface area contributed by atoms with Gasteiger partial charge >= 0.3 is 5.97 Å². The Morgan fingerprint density at radius 2 is 2.25 bits per heavy atom. The molecule has 0 bridgehead atoms. The fraction of sp³-hybridized carbons (Fsp3) is 0.571. The molecule has 174 valence electrons. The van der Waals surface area contributed by atoms with Gasteiger partial charge in [-0.25, -0.2) is 9.78 Å². The van der Waals surface area contributed by atoms with Gasteiger partial charge in [-0.3, -0.25) is 4.79 Å². The fourth-order valence-corrected chi connectivity index (χ4v) is 3.88. The maximum atomic E-state index is 12.2. The Balaban J connectivity index is 1.83. The highest BCUT2D eigenvalue weighted by Gasteiger charge is 2.48. The largest absolute Gasteiger partial charge is 0.478 e. The van der Waals surface area contributed by atoms with E-state index in [9.17, 15) is 14.7 Å². The first-order valence-electron chi connectivity index (χ1n) is 9.94. The van der Waals surface area contributed by atoms with Crippen LogP contribution in [0.1, 0.15) is 25.8 Å². The Hall–Kier alpha value is -2.49. The molecule has 2 aliphatic heterocycles. The summed E-state index contributed by atoms with van der Waals surface area (Å²) in [5.74, 6) is 3.58. The Kier molecular flexibility index (Phi) is 7.86. The van der Waals surface area contributed by atoms with Crippen LogP contribution >= 0.6 is 11.3 Å². The summed E-state index contributed by atoms with van der Waals surface area (Å²) in [6.45, 7) is 4.88. The summed E-state index contributed by atoms with van der Waals surface area (Å²) >= 11 is 1.39. The number of amides is 1. The number of nitrogens with zero attached hydrogens (tertiary/aromatic N) is 1. The van der Waals surface area contributed by atoms with E-state index in [-0.39, 0.29) is 24.9 Å². The van der Waals surface area contributed by atoms with E-state index < -0.39 is 42.2 Å². The molecular formula is C21H26N2O8S. The van der Waals surface area contributed by atoms with Gasteiger partial charge in [-0.2, -0.15) is 0 Å². The monoisotopic (exact) mass is 466 g/mol. The molecule has 10 nitrogen and oxygen atoms in total. The molecular weight excluding hydrogens is 440 g/mol. The molecule has 0 aromatic carbocycles. The first-order chi connectivity index (χ1) is 15.2. The Morgan fingerprint density at radius 1 is 1.47 bits per heavy atom. The molecule has 11 heteroatoms. The molecule has 2 aliphatic rings. The minimum absolute atomic E-state index is 0.00975. The van der Waals surface area contributed by atoms with Gasteiger partial charge in [0.05, 0.1) is 19.8 Å². The van der Waals surface area contributed by atoms with Crippen LogP contribution in [0.15, 0.2) is 23.4 Å². The van der Waals surface area contributed by atoms with Crippen molar-refractivity contribution in [2.45, 2.75) is 57.0 Å². The maximum Gasteiger partial charge on any atom is 0.373 e. The second kappa shape index (κ2) is 10.4. The van der Waals surface area contributed by atoms with E-state index in [1.54, 1.807) is 20.0 Å². The number of thiazole rings is 1. The summed E-state index contributed by atoms with van der Waals surface area (Å²) in [6, 6.07) is -0.829. The molecule has 32 heavy (non-hydrogen) atoms. The molecule has 5 atom stereocenters. The lowest BCUT2D eigenvalue weighted by atomic mass is 9.93. The molecule has 0 saturated carbocycles. The number of rotatable bonds is 6. The quantitative estimate of drug-likeness (QED) is 0.451. The zero-order valence-electron chi connectivity index (χ0n) is 18.2. The van der Waals surface area contributed by atoms with Crippen LogP contribution in [0, 0.1) is 11.8 Å². The van der Waals surface area contributed by atoms with E-state index in [1.807, 2.05) is 5.38 Å². The molecule has 1 aromatic rings. The average molecular weight is 467 g/mol. The minimum atomic E-state index is -1.24.